The van der Waals surface area contributed by atoms with Crippen molar-refractivity contribution in [1.82, 2.24) is 30.3 Å². The summed E-state index contributed by atoms with van der Waals surface area (Å²) in [5.74, 6) is -1.21. The summed E-state index contributed by atoms with van der Waals surface area (Å²) in [7, 11) is 1.44. The van der Waals surface area contributed by atoms with Gasteiger partial charge in [0.1, 0.15) is 11.7 Å². The number of amides is 2. The van der Waals surface area contributed by atoms with Gasteiger partial charge in [0.15, 0.2) is 5.82 Å². The number of carbonyl (C=O) groups is 2. The lowest BCUT2D eigenvalue weighted by Gasteiger charge is -2.40. The van der Waals surface area contributed by atoms with Crippen molar-refractivity contribution in [1.29, 1.82) is 0 Å². The van der Waals surface area contributed by atoms with E-state index in [9.17, 15) is 27.2 Å². The number of halogens is 4. The summed E-state index contributed by atoms with van der Waals surface area (Å²) in [5.41, 5.74) is 1.47. The van der Waals surface area contributed by atoms with E-state index in [0.29, 0.717) is 24.2 Å². The number of hydrogen-bond acceptors (Lipinski definition) is 5. The van der Waals surface area contributed by atoms with E-state index in [1.807, 2.05) is 0 Å². The summed E-state index contributed by atoms with van der Waals surface area (Å²) in [6.45, 7) is 1.89. The van der Waals surface area contributed by atoms with Crippen LogP contribution in [0.25, 0.3) is 11.3 Å². The van der Waals surface area contributed by atoms with Crippen LogP contribution >= 0.6 is 0 Å². The topological polar surface area (TPSA) is 94.2 Å². The van der Waals surface area contributed by atoms with Gasteiger partial charge in [0.25, 0.3) is 5.91 Å². The zero-order chi connectivity index (χ0) is 26.5. The molecule has 2 aromatic heterocycles. The number of rotatable bonds is 4. The van der Waals surface area contributed by atoms with Gasteiger partial charge in [-0.15, -0.1) is 0 Å². The smallest absolute Gasteiger partial charge is 0.352 e. The summed E-state index contributed by atoms with van der Waals surface area (Å²) in [6.07, 6.45) is -0.359. The fraction of sp³-hybridized carbons (Fsp3) is 0.600. The number of hydrogen-bond donors (Lipinski definition) is 2. The molecular formula is C25H30F4N6O2. The van der Waals surface area contributed by atoms with Crippen LogP contribution in [0.3, 0.4) is 0 Å². The van der Waals surface area contributed by atoms with Crippen molar-refractivity contribution in [2.75, 3.05) is 13.6 Å². The number of aromatic amines is 1. The molecule has 8 nitrogen and oxygen atoms in total. The maximum Gasteiger partial charge on any atom is 0.404 e. The number of carbonyl (C=O) groups excluding carboxylic acids is 2. The number of nitrogens with one attached hydrogen (secondary N) is 2. The lowest BCUT2D eigenvalue weighted by Crippen LogP contribution is -2.56. The van der Waals surface area contributed by atoms with Crippen LogP contribution in [0.5, 0.6) is 0 Å². The number of nitrogens with zero attached hydrogens (tertiary/aromatic N) is 4. The lowest BCUT2D eigenvalue weighted by atomic mass is 9.89. The largest absolute Gasteiger partial charge is 0.404 e. The molecule has 37 heavy (non-hydrogen) atoms. The highest BCUT2D eigenvalue weighted by atomic mass is 19.4. The van der Waals surface area contributed by atoms with Gasteiger partial charge in [-0.1, -0.05) is 0 Å². The van der Waals surface area contributed by atoms with Crippen LogP contribution in [0.4, 0.5) is 17.6 Å². The second kappa shape index (κ2) is 9.70. The highest BCUT2D eigenvalue weighted by molar-refractivity contribution is 5.94. The number of likely N-dealkylation sites (N-methyl/N-ethyl adjacent to an activating group) is 1. The zero-order valence-electron chi connectivity index (χ0n) is 20.7. The molecule has 1 unspecified atom stereocenters. The Kier molecular flexibility index (Phi) is 6.71. The number of H-pyrrole nitrogens is 1. The molecular weight excluding hydrogens is 492 g/mol. The minimum atomic E-state index is -4.27. The van der Waals surface area contributed by atoms with Crippen LogP contribution in [0.2, 0.25) is 0 Å². The number of alkyl halides is 3. The monoisotopic (exact) mass is 522 g/mol. The third-order valence-electron chi connectivity index (χ3n) is 7.97. The van der Waals surface area contributed by atoms with Crippen LogP contribution in [0.1, 0.15) is 54.7 Å². The Bertz CT molecular complexity index is 1170. The van der Waals surface area contributed by atoms with Crippen molar-refractivity contribution in [3.8, 4) is 11.3 Å². The summed E-state index contributed by atoms with van der Waals surface area (Å²) in [5, 5.41) is 9.82. The molecule has 0 saturated carbocycles. The first-order chi connectivity index (χ1) is 17.5. The molecule has 5 atom stereocenters. The van der Waals surface area contributed by atoms with Crippen molar-refractivity contribution in [2.45, 2.75) is 75.8 Å². The van der Waals surface area contributed by atoms with Gasteiger partial charge in [-0.2, -0.15) is 18.3 Å². The van der Waals surface area contributed by atoms with Crippen LogP contribution in [0, 0.1) is 18.7 Å². The molecule has 5 heterocycles. The predicted octanol–water partition coefficient (Wildman–Crippen LogP) is 3.44. The Balaban J connectivity index is 1.21. The van der Waals surface area contributed by atoms with E-state index in [-0.39, 0.29) is 66.5 Å². The lowest BCUT2D eigenvalue weighted by molar-refractivity contribution is -0.188. The van der Waals surface area contributed by atoms with Gasteiger partial charge in [-0.05, 0) is 64.6 Å². The maximum atomic E-state index is 14.2. The van der Waals surface area contributed by atoms with E-state index in [0.717, 1.165) is 19.0 Å². The summed E-state index contributed by atoms with van der Waals surface area (Å²) in [6, 6.07) is 1.07. The SMILES string of the molecule is Cc1cc(-c2cc(C(=O)N3[C@@H]4CC[C@H]3CC(C(=O)N[C@@H]3CC[C@H](C(F)(F)F)N(C)C3)C4)[nH]n2)c(F)cn1. The number of likely N-dealkylation sites (tertiary alicyclic amines) is 1. The molecule has 0 spiro atoms. The minimum Gasteiger partial charge on any atom is -0.352 e. The van der Waals surface area contributed by atoms with Crippen LogP contribution < -0.4 is 5.32 Å². The number of pyridine rings is 1. The van der Waals surface area contributed by atoms with E-state index < -0.39 is 18.0 Å². The van der Waals surface area contributed by atoms with Gasteiger partial charge in [0.2, 0.25) is 5.91 Å². The third kappa shape index (κ3) is 5.07. The number of aromatic nitrogens is 3. The van der Waals surface area contributed by atoms with Gasteiger partial charge in [0, 0.05) is 41.8 Å². The fourth-order valence-electron chi connectivity index (χ4n) is 6.17. The normalized spacial score (nSPS) is 28.4. The molecule has 3 saturated heterocycles. The Morgan fingerprint density at radius 1 is 1.11 bits per heavy atom. The van der Waals surface area contributed by atoms with Gasteiger partial charge in [-0.3, -0.25) is 24.6 Å². The second-order valence-corrected chi connectivity index (χ2v) is 10.5. The number of fused-ring (bicyclic) bond motifs is 2. The standard InChI is InChI=1S/C25H30F4N6O2/c1-13-7-18(19(26)11-30-13)20-10-21(33-32-20)24(37)35-16-4-5-17(35)9-14(8-16)23(36)31-15-3-6-22(25(27,28)29)34(2)12-15/h7,10-11,14-17,22H,3-6,8-9,12H2,1-2H3,(H,31,36)(H,32,33)/t14?,15-,16-,17+,22-/m1/s1. The molecule has 2 bridgehead atoms. The fourth-order valence-corrected chi connectivity index (χ4v) is 6.17. The van der Waals surface area contributed by atoms with Crippen molar-refractivity contribution in [3.63, 3.8) is 0 Å². The van der Waals surface area contributed by atoms with Crippen LogP contribution in [0.15, 0.2) is 18.3 Å². The Hall–Kier alpha value is -3.02. The first-order valence-electron chi connectivity index (χ1n) is 12.6. The summed E-state index contributed by atoms with van der Waals surface area (Å²) >= 11 is 0. The van der Waals surface area contributed by atoms with Crippen molar-refractivity contribution in [3.05, 3.63) is 35.5 Å². The molecule has 0 aromatic carbocycles. The first-order valence-corrected chi connectivity index (χ1v) is 12.6. The molecule has 0 radical (unpaired) electrons. The predicted molar refractivity (Wildman–Crippen MR) is 126 cm³/mol. The Morgan fingerprint density at radius 3 is 2.46 bits per heavy atom. The van der Waals surface area contributed by atoms with E-state index in [2.05, 4.69) is 20.5 Å². The minimum absolute atomic E-state index is 0.0434. The van der Waals surface area contributed by atoms with Gasteiger partial charge in [-0.25, -0.2) is 4.39 Å². The number of piperidine rings is 2. The molecule has 200 valence electrons. The van der Waals surface area contributed by atoms with E-state index >= 15 is 0 Å². The average Bonchev–Trinajstić information content (AvgIpc) is 3.42. The van der Waals surface area contributed by atoms with Crippen molar-refractivity contribution in [2.24, 2.45) is 5.92 Å². The second-order valence-electron chi connectivity index (χ2n) is 10.5. The molecule has 3 aliphatic rings. The molecule has 2 N–H and O–H groups in total. The molecule has 2 aromatic rings. The molecule has 0 aliphatic carbocycles. The molecule has 5 rings (SSSR count). The van der Waals surface area contributed by atoms with Gasteiger partial charge in [0.05, 0.1) is 11.9 Å². The zero-order valence-corrected chi connectivity index (χ0v) is 20.7. The Morgan fingerprint density at radius 2 is 1.81 bits per heavy atom. The molecule has 2 amide bonds. The van der Waals surface area contributed by atoms with E-state index in [4.69, 9.17) is 0 Å². The quantitative estimate of drug-likeness (QED) is 0.600. The third-order valence-corrected chi connectivity index (χ3v) is 7.97. The highest BCUT2D eigenvalue weighted by Crippen LogP contribution is 2.40. The van der Waals surface area contributed by atoms with Gasteiger partial charge >= 0.3 is 6.18 Å². The first kappa shape index (κ1) is 25.6. The van der Waals surface area contributed by atoms with E-state index in [1.54, 1.807) is 17.9 Å². The molecule has 3 aliphatic heterocycles. The summed E-state index contributed by atoms with van der Waals surface area (Å²) in [4.78, 5) is 33.4. The average molecular weight is 523 g/mol. The number of aryl methyl sites for hydroxylation is 1. The molecule has 12 heteroatoms. The van der Waals surface area contributed by atoms with Crippen molar-refractivity contribution >= 4 is 11.8 Å². The van der Waals surface area contributed by atoms with Crippen LogP contribution in [-0.2, 0) is 4.79 Å². The highest BCUT2D eigenvalue weighted by Gasteiger charge is 2.47. The van der Waals surface area contributed by atoms with Crippen LogP contribution in [-0.4, -0.2) is 80.7 Å². The van der Waals surface area contributed by atoms with Crippen molar-refractivity contribution < 1.29 is 27.2 Å². The summed E-state index contributed by atoms with van der Waals surface area (Å²) < 4.78 is 53.6. The van der Waals surface area contributed by atoms with E-state index in [1.165, 1.54) is 18.0 Å². The molecule has 3 fully saturated rings. The Labute approximate surface area is 211 Å². The van der Waals surface area contributed by atoms with Gasteiger partial charge < -0.3 is 10.2 Å². The maximum absolute atomic E-state index is 14.2.